The molecule has 156 valence electrons. The fraction of sp³-hybridized carbons (Fsp3) is 0.500. The predicted octanol–water partition coefficient (Wildman–Crippen LogP) is 2.23. The van der Waals surface area contributed by atoms with Gasteiger partial charge in [0, 0.05) is 35.3 Å². The summed E-state index contributed by atoms with van der Waals surface area (Å²) >= 11 is 8.03. The summed E-state index contributed by atoms with van der Waals surface area (Å²) in [6.07, 6.45) is 1.37. The van der Waals surface area contributed by atoms with Crippen LogP contribution >= 0.6 is 23.4 Å². The number of nitrogens with one attached hydrogen (secondary N) is 1. The summed E-state index contributed by atoms with van der Waals surface area (Å²) in [4.78, 5) is 26.6. The van der Waals surface area contributed by atoms with Gasteiger partial charge in [-0.1, -0.05) is 18.5 Å². The summed E-state index contributed by atoms with van der Waals surface area (Å²) in [5, 5.41) is 13.4. The van der Waals surface area contributed by atoms with Crippen molar-refractivity contribution in [2.75, 3.05) is 25.7 Å². The smallest absolute Gasteiger partial charge is 0.236 e. The van der Waals surface area contributed by atoms with Crippen LogP contribution in [0, 0.1) is 5.92 Å². The van der Waals surface area contributed by atoms with E-state index >= 15 is 0 Å². The first-order valence-corrected chi connectivity index (χ1v) is 10.8. The van der Waals surface area contributed by atoms with Crippen LogP contribution in [0.4, 0.5) is 0 Å². The lowest BCUT2D eigenvalue weighted by molar-refractivity contribution is -0.129. The van der Waals surface area contributed by atoms with Crippen molar-refractivity contribution in [1.82, 2.24) is 5.32 Å². The zero-order valence-corrected chi connectivity index (χ0v) is 17.9. The zero-order chi connectivity index (χ0) is 20.9. The van der Waals surface area contributed by atoms with E-state index in [1.165, 1.54) is 26.4 Å². The van der Waals surface area contributed by atoms with E-state index in [9.17, 15) is 14.7 Å². The van der Waals surface area contributed by atoms with Gasteiger partial charge in [0.1, 0.15) is 22.1 Å². The number of methoxy groups -OCH3 is 2. The normalized spacial score (nSPS) is 30.8. The number of ketones is 2. The SMILES string of the molecule is COc1cc(OC)c2c(c1Cl)O[C@@]1(C(=O)C=C(N[C@@H]3CSC[C@H]3O)C[C@H]1C)C2=O. The second-order valence-corrected chi connectivity index (χ2v) is 8.91. The van der Waals surface area contributed by atoms with Gasteiger partial charge in [0.25, 0.3) is 0 Å². The quantitative estimate of drug-likeness (QED) is 0.690. The molecular weight excluding hydrogens is 418 g/mol. The molecule has 0 amide bonds. The zero-order valence-electron chi connectivity index (χ0n) is 16.3. The summed E-state index contributed by atoms with van der Waals surface area (Å²) in [7, 11) is 2.88. The van der Waals surface area contributed by atoms with Gasteiger partial charge in [-0.15, -0.1) is 0 Å². The second-order valence-electron chi connectivity index (χ2n) is 7.46. The molecule has 9 heteroatoms. The summed E-state index contributed by atoms with van der Waals surface area (Å²) < 4.78 is 16.6. The maximum atomic E-state index is 13.4. The van der Waals surface area contributed by atoms with Crippen molar-refractivity contribution in [3.8, 4) is 17.2 Å². The van der Waals surface area contributed by atoms with Crippen molar-refractivity contribution < 1.29 is 28.9 Å². The summed E-state index contributed by atoms with van der Waals surface area (Å²) in [5.74, 6) is 0.738. The third-order valence-electron chi connectivity index (χ3n) is 5.73. The van der Waals surface area contributed by atoms with E-state index in [0.717, 1.165) is 5.75 Å². The minimum Gasteiger partial charge on any atom is -0.496 e. The Balaban J connectivity index is 1.71. The Bertz CT molecular complexity index is 919. The Hall–Kier alpha value is -1.90. The fourth-order valence-electron chi connectivity index (χ4n) is 4.15. The Morgan fingerprint density at radius 1 is 1.28 bits per heavy atom. The van der Waals surface area contributed by atoms with E-state index in [2.05, 4.69) is 5.32 Å². The topological polar surface area (TPSA) is 94.1 Å². The molecule has 1 aromatic carbocycles. The molecule has 0 unspecified atom stereocenters. The van der Waals surface area contributed by atoms with Crippen LogP contribution in [-0.2, 0) is 4.79 Å². The number of thioether (sulfide) groups is 1. The van der Waals surface area contributed by atoms with Crippen LogP contribution in [0.2, 0.25) is 5.02 Å². The highest BCUT2D eigenvalue weighted by molar-refractivity contribution is 7.99. The highest BCUT2D eigenvalue weighted by Gasteiger charge is 2.60. The second kappa shape index (κ2) is 7.41. The lowest BCUT2D eigenvalue weighted by atomic mass is 9.74. The van der Waals surface area contributed by atoms with E-state index in [-0.39, 0.29) is 28.1 Å². The molecule has 0 bridgehead atoms. The number of halogens is 1. The largest absolute Gasteiger partial charge is 0.496 e. The molecule has 4 rings (SSSR count). The van der Waals surface area contributed by atoms with Crippen molar-refractivity contribution in [2.24, 2.45) is 5.92 Å². The van der Waals surface area contributed by atoms with E-state index < -0.39 is 29.2 Å². The van der Waals surface area contributed by atoms with Gasteiger partial charge in [0.05, 0.1) is 26.4 Å². The van der Waals surface area contributed by atoms with Crippen molar-refractivity contribution in [3.63, 3.8) is 0 Å². The molecule has 1 saturated heterocycles. The number of rotatable bonds is 4. The number of hydrogen-bond donors (Lipinski definition) is 2. The average Bonchev–Trinajstić information content (AvgIpc) is 3.23. The fourth-order valence-corrected chi connectivity index (χ4v) is 5.58. The van der Waals surface area contributed by atoms with Gasteiger partial charge < -0.3 is 24.6 Å². The first-order chi connectivity index (χ1) is 13.8. The number of carbonyl (C=O) groups is 2. The summed E-state index contributed by atoms with van der Waals surface area (Å²) in [6, 6.07) is 1.40. The summed E-state index contributed by atoms with van der Waals surface area (Å²) in [6.45, 7) is 1.80. The van der Waals surface area contributed by atoms with E-state index in [0.29, 0.717) is 23.6 Å². The van der Waals surface area contributed by atoms with Gasteiger partial charge >= 0.3 is 0 Å². The molecule has 1 spiro atoms. The number of ether oxygens (including phenoxy) is 3. The molecule has 1 fully saturated rings. The Morgan fingerprint density at radius 2 is 2.00 bits per heavy atom. The highest BCUT2D eigenvalue weighted by Crippen LogP contribution is 2.52. The molecule has 7 nitrogen and oxygen atoms in total. The lowest BCUT2D eigenvalue weighted by Gasteiger charge is -2.36. The minimum absolute atomic E-state index is 0.112. The average molecular weight is 440 g/mol. The van der Waals surface area contributed by atoms with E-state index in [1.807, 2.05) is 0 Å². The van der Waals surface area contributed by atoms with Crippen molar-refractivity contribution in [3.05, 3.63) is 28.4 Å². The number of aliphatic hydroxyl groups is 1. The predicted molar refractivity (Wildman–Crippen MR) is 109 cm³/mol. The number of carbonyl (C=O) groups excluding carboxylic acids is 2. The summed E-state index contributed by atoms with van der Waals surface area (Å²) in [5.41, 5.74) is -0.826. The highest BCUT2D eigenvalue weighted by atomic mass is 35.5. The Morgan fingerprint density at radius 3 is 2.59 bits per heavy atom. The van der Waals surface area contributed by atoms with E-state index in [4.69, 9.17) is 25.8 Å². The van der Waals surface area contributed by atoms with Gasteiger partial charge in [-0.05, 0) is 6.42 Å². The van der Waals surface area contributed by atoms with Crippen LogP contribution in [0.25, 0.3) is 0 Å². The first-order valence-electron chi connectivity index (χ1n) is 9.29. The maximum absolute atomic E-state index is 13.4. The number of aliphatic hydroxyl groups excluding tert-OH is 1. The molecule has 4 atom stereocenters. The van der Waals surface area contributed by atoms with Gasteiger partial charge in [-0.25, -0.2) is 0 Å². The van der Waals surface area contributed by atoms with Crippen molar-refractivity contribution >= 4 is 34.9 Å². The maximum Gasteiger partial charge on any atom is 0.236 e. The Labute approximate surface area is 177 Å². The minimum atomic E-state index is -1.68. The molecule has 1 aliphatic carbocycles. The standard InChI is InChI=1S/C20H22ClNO6S/c1-9-4-10(22-11-7-29-8-12(11)23)5-15(24)20(9)19(25)16-13(26-2)6-14(27-3)17(21)18(16)28-20/h5-6,9,11-12,22-23H,4,7-8H2,1-3H3/t9-,11-,12-,20+/m1/s1. The van der Waals surface area contributed by atoms with E-state index in [1.54, 1.807) is 18.7 Å². The lowest BCUT2D eigenvalue weighted by Crippen LogP contribution is -2.56. The number of hydrogen-bond acceptors (Lipinski definition) is 8. The van der Waals surface area contributed by atoms with Crippen LogP contribution in [-0.4, -0.2) is 60.1 Å². The molecule has 2 aliphatic heterocycles. The molecule has 0 saturated carbocycles. The van der Waals surface area contributed by atoms with Crippen LogP contribution in [0.5, 0.6) is 17.2 Å². The van der Waals surface area contributed by atoms with Crippen LogP contribution < -0.4 is 19.5 Å². The molecule has 2 heterocycles. The molecule has 0 aromatic heterocycles. The molecule has 0 radical (unpaired) electrons. The third-order valence-corrected chi connectivity index (χ3v) is 7.26. The van der Waals surface area contributed by atoms with Crippen LogP contribution in [0.3, 0.4) is 0 Å². The van der Waals surface area contributed by atoms with Gasteiger partial charge in [0.15, 0.2) is 5.75 Å². The van der Waals surface area contributed by atoms with Crippen molar-refractivity contribution in [2.45, 2.75) is 31.1 Å². The van der Waals surface area contributed by atoms with Crippen LogP contribution in [0.15, 0.2) is 17.8 Å². The number of Topliss-reactive ketones (excluding diaryl/α,β-unsaturated/α-hetero) is 1. The molecule has 2 N–H and O–H groups in total. The number of fused-ring (bicyclic) bond motifs is 1. The molecule has 1 aromatic rings. The van der Waals surface area contributed by atoms with Gasteiger partial charge in [0.2, 0.25) is 17.2 Å². The van der Waals surface area contributed by atoms with Gasteiger partial charge in [-0.2, -0.15) is 11.8 Å². The van der Waals surface area contributed by atoms with Crippen molar-refractivity contribution in [1.29, 1.82) is 0 Å². The monoisotopic (exact) mass is 439 g/mol. The molecular formula is C20H22ClNO6S. The van der Waals surface area contributed by atoms with Crippen LogP contribution in [0.1, 0.15) is 23.7 Å². The first kappa shape index (κ1) is 20.4. The molecule has 3 aliphatic rings. The number of benzene rings is 1. The molecule has 29 heavy (non-hydrogen) atoms. The third kappa shape index (κ3) is 3.00. The Kier molecular flexibility index (Phi) is 5.21. The number of allylic oxidation sites excluding steroid dienone is 1. The van der Waals surface area contributed by atoms with Gasteiger partial charge in [-0.3, -0.25) is 9.59 Å².